The van der Waals surface area contributed by atoms with Crippen molar-refractivity contribution in [3.8, 4) is 11.3 Å². The minimum Gasteiger partial charge on any atom is -0.478 e. The number of aromatic nitrogens is 1. The smallest absolute Gasteiger partial charge is 0.335 e. The molecular formula is C23H21NO5. The van der Waals surface area contributed by atoms with E-state index in [2.05, 4.69) is 0 Å². The minimum absolute atomic E-state index is 0.168. The van der Waals surface area contributed by atoms with E-state index in [9.17, 15) is 19.8 Å². The summed E-state index contributed by atoms with van der Waals surface area (Å²) in [6.07, 6.45) is 8.90. The van der Waals surface area contributed by atoms with Gasteiger partial charge in [-0.15, -0.1) is 0 Å². The maximum Gasteiger partial charge on any atom is 0.335 e. The molecule has 0 atom stereocenters. The largest absolute Gasteiger partial charge is 0.478 e. The SMILES string of the molecule is O=C(O)C1=Cc2occc2-c2c(C3CCCCC3)c3ccc(C(=O)O)cc3n2C1. The van der Waals surface area contributed by atoms with Gasteiger partial charge in [-0.2, -0.15) is 0 Å². The van der Waals surface area contributed by atoms with Crippen LogP contribution in [0.25, 0.3) is 28.2 Å². The van der Waals surface area contributed by atoms with Crippen molar-refractivity contribution in [2.75, 3.05) is 0 Å². The highest BCUT2D eigenvalue weighted by molar-refractivity contribution is 6.01. The van der Waals surface area contributed by atoms with E-state index in [0.29, 0.717) is 11.7 Å². The fourth-order valence-corrected chi connectivity index (χ4v) is 4.90. The summed E-state index contributed by atoms with van der Waals surface area (Å²) in [4.78, 5) is 23.4. The highest BCUT2D eigenvalue weighted by Crippen LogP contribution is 2.46. The van der Waals surface area contributed by atoms with Gasteiger partial charge in [0, 0.05) is 16.5 Å². The average Bonchev–Trinajstić information content (AvgIpc) is 3.25. The molecule has 0 saturated heterocycles. The van der Waals surface area contributed by atoms with Gasteiger partial charge in [-0.05, 0) is 48.6 Å². The number of aliphatic carboxylic acids is 1. The van der Waals surface area contributed by atoms with E-state index >= 15 is 0 Å². The summed E-state index contributed by atoms with van der Waals surface area (Å²) in [7, 11) is 0. The number of hydrogen-bond donors (Lipinski definition) is 2. The molecule has 148 valence electrons. The number of benzene rings is 1. The highest BCUT2D eigenvalue weighted by atomic mass is 16.4. The Hall–Kier alpha value is -3.28. The van der Waals surface area contributed by atoms with Gasteiger partial charge in [0.15, 0.2) is 0 Å². The van der Waals surface area contributed by atoms with Gasteiger partial charge >= 0.3 is 11.9 Å². The normalized spacial score (nSPS) is 16.8. The van der Waals surface area contributed by atoms with Crippen LogP contribution in [-0.2, 0) is 11.3 Å². The van der Waals surface area contributed by atoms with E-state index < -0.39 is 11.9 Å². The molecule has 2 aliphatic rings. The van der Waals surface area contributed by atoms with Crippen LogP contribution >= 0.6 is 0 Å². The molecule has 0 radical (unpaired) electrons. The lowest BCUT2D eigenvalue weighted by atomic mass is 9.82. The van der Waals surface area contributed by atoms with Crippen LogP contribution < -0.4 is 0 Å². The predicted molar refractivity (Wildman–Crippen MR) is 108 cm³/mol. The van der Waals surface area contributed by atoms with E-state index in [-0.39, 0.29) is 17.7 Å². The molecule has 6 heteroatoms. The van der Waals surface area contributed by atoms with Crippen LogP contribution in [0.3, 0.4) is 0 Å². The lowest BCUT2D eigenvalue weighted by Crippen LogP contribution is -2.10. The first kappa shape index (κ1) is 17.8. The zero-order valence-corrected chi connectivity index (χ0v) is 15.9. The van der Waals surface area contributed by atoms with Crippen molar-refractivity contribution in [2.45, 2.75) is 44.6 Å². The van der Waals surface area contributed by atoms with Crippen LogP contribution in [0.4, 0.5) is 0 Å². The number of aromatic carboxylic acids is 1. The lowest BCUT2D eigenvalue weighted by Gasteiger charge is -2.23. The molecule has 1 aliphatic heterocycles. The molecule has 2 N–H and O–H groups in total. The summed E-state index contributed by atoms with van der Waals surface area (Å²) in [6, 6.07) is 7.07. The van der Waals surface area contributed by atoms with Gasteiger partial charge in [-0.1, -0.05) is 25.3 Å². The predicted octanol–water partition coefficient (Wildman–Crippen LogP) is 5.13. The van der Waals surface area contributed by atoms with Crippen molar-refractivity contribution in [3.63, 3.8) is 0 Å². The number of rotatable bonds is 3. The molecule has 1 aromatic carbocycles. The number of fused-ring (bicyclic) bond motifs is 5. The maximum atomic E-state index is 11.9. The van der Waals surface area contributed by atoms with Crippen molar-refractivity contribution >= 4 is 28.9 Å². The average molecular weight is 391 g/mol. The molecule has 0 bridgehead atoms. The molecule has 3 aromatic rings. The summed E-state index contributed by atoms with van der Waals surface area (Å²) < 4.78 is 7.59. The summed E-state index contributed by atoms with van der Waals surface area (Å²) in [5, 5.41) is 20.2. The maximum absolute atomic E-state index is 11.9. The van der Waals surface area contributed by atoms with Crippen molar-refractivity contribution in [2.24, 2.45) is 0 Å². The van der Waals surface area contributed by atoms with Crippen LogP contribution in [0, 0.1) is 0 Å². The van der Waals surface area contributed by atoms with Gasteiger partial charge < -0.3 is 19.2 Å². The number of hydrogen-bond acceptors (Lipinski definition) is 3. The van der Waals surface area contributed by atoms with Gasteiger partial charge in [0.05, 0.1) is 29.6 Å². The van der Waals surface area contributed by atoms with Gasteiger partial charge in [-0.25, -0.2) is 9.59 Å². The Labute approximate surface area is 167 Å². The molecule has 3 heterocycles. The number of carboxylic acids is 2. The zero-order chi connectivity index (χ0) is 20.1. The van der Waals surface area contributed by atoms with Gasteiger partial charge in [0.2, 0.25) is 0 Å². The molecule has 0 unspecified atom stereocenters. The Balaban J connectivity index is 1.85. The number of furan rings is 1. The third kappa shape index (κ3) is 2.78. The number of nitrogens with zero attached hydrogens (tertiary/aromatic N) is 1. The summed E-state index contributed by atoms with van der Waals surface area (Å²) in [5.41, 5.74) is 4.21. The lowest BCUT2D eigenvalue weighted by molar-refractivity contribution is -0.132. The van der Waals surface area contributed by atoms with Crippen LogP contribution in [0.5, 0.6) is 0 Å². The summed E-state index contributed by atoms with van der Waals surface area (Å²) in [5.74, 6) is -1.09. The molecule has 29 heavy (non-hydrogen) atoms. The Morgan fingerprint density at radius 3 is 2.55 bits per heavy atom. The molecule has 6 nitrogen and oxygen atoms in total. The minimum atomic E-state index is -1.00. The molecule has 0 amide bonds. The first-order valence-corrected chi connectivity index (χ1v) is 9.95. The standard InChI is InChI=1S/C23H21NO5/c25-22(26)14-6-7-16-18(10-14)24-12-15(23(27)28)11-19-17(8-9-29-19)21(24)20(16)13-4-2-1-3-5-13/h6-11,13H,1-5,12H2,(H,25,26)(H,27,28). The quantitative estimate of drug-likeness (QED) is 0.646. The Kier molecular flexibility index (Phi) is 4.08. The molecule has 0 spiro atoms. The van der Waals surface area contributed by atoms with Crippen LogP contribution in [0.15, 0.2) is 40.5 Å². The first-order valence-electron chi connectivity index (χ1n) is 9.95. The second-order valence-corrected chi connectivity index (χ2v) is 7.89. The van der Waals surface area contributed by atoms with Crippen LogP contribution in [0.1, 0.15) is 59.7 Å². The van der Waals surface area contributed by atoms with Crippen molar-refractivity contribution in [1.82, 2.24) is 4.57 Å². The van der Waals surface area contributed by atoms with Crippen molar-refractivity contribution < 1.29 is 24.2 Å². The second-order valence-electron chi connectivity index (χ2n) is 7.89. The summed E-state index contributed by atoms with van der Waals surface area (Å²) >= 11 is 0. The molecule has 5 rings (SSSR count). The van der Waals surface area contributed by atoms with Crippen molar-refractivity contribution in [3.05, 3.63) is 53.0 Å². The third-order valence-electron chi connectivity index (χ3n) is 6.22. The zero-order valence-electron chi connectivity index (χ0n) is 15.9. The number of carbonyl (C=O) groups is 2. The Morgan fingerprint density at radius 1 is 1.03 bits per heavy atom. The van der Waals surface area contributed by atoms with E-state index in [1.54, 1.807) is 24.5 Å². The van der Waals surface area contributed by atoms with E-state index in [0.717, 1.165) is 35.0 Å². The van der Waals surface area contributed by atoms with Crippen molar-refractivity contribution in [1.29, 1.82) is 0 Å². The molecule has 1 saturated carbocycles. The van der Waals surface area contributed by atoms with Gasteiger partial charge in [0.25, 0.3) is 0 Å². The number of carboxylic acid groups (broad SMARTS) is 2. The van der Waals surface area contributed by atoms with E-state index in [1.165, 1.54) is 24.8 Å². The highest BCUT2D eigenvalue weighted by Gasteiger charge is 2.31. The molecule has 1 fully saturated rings. The molecular weight excluding hydrogens is 370 g/mol. The fraction of sp³-hybridized carbons (Fsp3) is 0.304. The van der Waals surface area contributed by atoms with Crippen LogP contribution in [0.2, 0.25) is 0 Å². The van der Waals surface area contributed by atoms with E-state index in [1.807, 2.05) is 16.7 Å². The second kappa shape index (κ2) is 6.65. The first-order chi connectivity index (χ1) is 14.0. The molecule has 2 aromatic heterocycles. The Morgan fingerprint density at radius 2 is 1.83 bits per heavy atom. The topological polar surface area (TPSA) is 92.7 Å². The molecule has 1 aliphatic carbocycles. The van der Waals surface area contributed by atoms with Crippen LogP contribution in [-0.4, -0.2) is 26.7 Å². The van der Waals surface area contributed by atoms with Gasteiger partial charge in [-0.3, -0.25) is 0 Å². The van der Waals surface area contributed by atoms with E-state index in [4.69, 9.17) is 4.42 Å². The third-order valence-corrected chi connectivity index (χ3v) is 6.22. The monoisotopic (exact) mass is 391 g/mol. The Bertz CT molecular complexity index is 1170. The fourth-order valence-electron chi connectivity index (χ4n) is 4.90. The summed E-state index contributed by atoms with van der Waals surface area (Å²) in [6.45, 7) is 0.168. The van der Waals surface area contributed by atoms with Gasteiger partial charge in [0.1, 0.15) is 5.76 Å².